The van der Waals surface area contributed by atoms with E-state index in [1.54, 1.807) is 17.5 Å². The molecular weight excluding hydrogens is 266 g/mol. The Bertz CT molecular complexity index is 517. The van der Waals surface area contributed by atoms with Crippen molar-refractivity contribution < 1.29 is 4.74 Å². The lowest BCUT2D eigenvalue weighted by molar-refractivity contribution is 0.305. The number of aromatic nitrogens is 1. The summed E-state index contributed by atoms with van der Waals surface area (Å²) < 4.78 is 5.66. The molecule has 0 amide bonds. The minimum Gasteiger partial charge on any atom is -0.485 e. The number of thiazole rings is 1. The molecule has 2 nitrogen and oxygen atoms in total. The molecule has 0 aliphatic heterocycles. The van der Waals surface area contributed by atoms with Gasteiger partial charge in [-0.15, -0.1) is 11.3 Å². The molecule has 1 aromatic heterocycles. The molecule has 0 saturated heterocycles. The van der Waals surface area contributed by atoms with Gasteiger partial charge in [-0.2, -0.15) is 0 Å². The summed E-state index contributed by atoms with van der Waals surface area (Å²) in [5, 5.41) is 3.54. The quantitative estimate of drug-likeness (QED) is 0.815. The number of halogens is 1. The van der Waals surface area contributed by atoms with Gasteiger partial charge >= 0.3 is 0 Å². The van der Waals surface area contributed by atoms with E-state index in [-0.39, 0.29) is 5.41 Å². The van der Waals surface area contributed by atoms with E-state index in [2.05, 4.69) is 31.8 Å². The molecule has 0 aliphatic carbocycles. The number of ether oxygens (including phenoxy) is 1. The SMILES string of the molecule is CC(C)(C)c1ccc(OCc2nccs2)c(Cl)c1. The molecule has 2 rings (SSSR count). The molecule has 1 heterocycles. The largest absolute Gasteiger partial charge is 0.485 e. The van der Waals surface area contributed by atoms with Gasteiger partial charge in [0, 0.05) is 11.6 Å². The zero-order chi connectivity index (χ0) is 13.2. The van der Waals surface area contributed by atoms with Crippen molar-refractivity contribution in [2.24, 2.45) is 0 Å². The van der Waals surface area contributed by atoms with Crippen molar-refractivity contribution in [1.82, 2.24) is 4.98 Å². The number of nitrogens with zero attached hydrogens (tertiary/aromatic N) is 1. The molecular formula is C14H16ClNOS. The van der Waals surface area contributed by atoms with E-state index in [4.69, 9.17) is 16.3 Å². The van der Waals surface area contributed by atoms with Crippen molar-refractivity contribution in [2.45, 2.75) is 32.8 Å². The standard InChI is InChI=1S/C14H16ClNOS/c1-14(2,3)10-4-5-12(11(15)8-10)17-9-13-16-6-7-18-13/h4-8H,9H2,1-3H3. The summed E-state index contributed by atoms with van der Waals surface area (Å²) in [4.78, 5) is 4.17. The lowest BCUT2D eigenvalue weighted by Gasteiger charge is -2.20. The van der Waals surface area contributed by atoms with Crippen molar-refractivity contribution in [3.05, 3.63) is 45.4 Å². The van der Waals surface area contributed by atoms with Crippen LogP contribution in [0.2, 0.25) is 5.02 Å². The second-order valence-electron chi connectivity index (χ2n) is 5.11. The Labute approximate surface area is 117 Å². The van der Waals surface area contributed by atoms with E-state index in [1.807, 2.05) is 17.5 Å². The van der Waals surface area contributed by atoms with Crippen LogP contribution < -0.4 is 4.74 Å². The Morgan fingerprint density at radius 3 is 2.67 bits per heavy atom. The van der Waals surface area contributed by atoms with E-state index < -0.39 is 0 Å². The molecule has 0 atom stereocenters. The summed E-state index contributed by atoms with van der Waals surface area (Å²) in [5.41, 5.74) is 1.30. The van der Waals surface area contributed by atoms with Gasteiger partial charge in [0.05, 0.1) is 5.02 Å². The van der Waals surface area contributed by atoms with Crippen LogP contribution in [0.15, 0.2) is 29.8 Å². The number of hydrogen-bond acceptors (Lipinski definition) is 3. The highest BCUT2D eigenvalue weighted by Gasteiger charge is 2.15. The molecule has 0 bridgehead atoms. The average molecular weight is 282 g/mol. The first-order valence-electron chi connectivity index (χ1n) is 5.78. The lowest BCUT2D eigenvalue weighted by Crippen LogP contribution is -2.10. The molecule has 96 valence electrons. The van der Waals surface area contributed by atoms with Crippen LogP contribution in [0.3, 0.4) is 0 Å². The Morgan fingerprint density at radius 2 is 2.11 bits per heavy atom. The van der Waals surface area contributed by atoms with Crippen LogP contribution in [-0.2, 0) is 12.0 Å². The fourth-order valence-corrected chi connectivity index (χ4v) is 2.31. The van der Waals surface area contributed by atoms with Crippen molar-refractivity contribution in [3.63, 3.8) is 0 Å². The Hall–Kier alpha value is -1.06. The Morgan fingerprint density at radius 1 is 1.33 bits per heavy atom. The van der Waals surface area contributed by atoms with E-state index >= 15 is 0 Å². The first-order chi connectivity index (χ1) is 8.47. The third kappa shape index (κ3) is 3.24. The molecule has 0 spiro atoms. The minimum atomic E-state index is 0.0947. The predicted octanol–water partition coefficient (Wildman–Crippen LogP) is 4.67. The zero-order valence-electron chi connectivity index (χ0n) is 10.7. The van der Waals surface area contributed by atoms with Crippen molar-refractivity contribution in [1.29, 1.82) is 0 Å². The number of benzene rings is 1. The first-order valence-corrected chi connectivity index (χ1v) is 7.04. The fourth-order valence-electron chi connectivity index (χ4n) is 1.55. The summed E-state index contributed by atoms with van der Waals surface area (Å²) >= 11 is 7.81. The van der Waals surface area contributed by atoms with E-state index in [0.29, 0.717) is 17.4 Å². The zero-order valence-corrected chi connectivity index (χ0v) is 12.3. The van der Waals surface area contributed by atoms with Crippen LogP contribution in [0.5, 0.6) is 5.75 Å². The molecule has 2 aromatic rings. The van der Waals surface area contributed by atoms with Crippen molar-refractivity contribution in [3.8, 4) is 5.75 Å². The molecule has 0 N–H and O–H groups in total. The predicted molar refractivity (Wildman–Crippen MR) is 76.6 cm³/mol. The van der Waals surface area contributed by atoms with Gasteiger partial charge in [0.15, 0.2) is 0 Å². The molecule has 0 unspecified atom stereocenters. The van der Waals surface area contributed by atoms with Gasteiger partial charge < -0.3 is 4.74 Å². The number of rotatable bonds is 3. The minimum absolute atomic E-state index is 0.0947. The number of hydrogen-bond donors (Lipinski definition) is 0. The summed E-state index contributed by atoms with van der Waals surface area (Å²) in [6.07, 6.45) is 1.77. The second kappa shape index (κ2) is 5.29. The van der Waals surface area contributed by atoms with Crippen LogP contribution in [-0.4, -0.2) is 4.98 Å². The molecule has 0 saturated carbocycles. The summed E-state index contributed by atoms with van der Waals surface area (Å²) in [5.74, 6) is 0.708. The molecule has 0 radical (unpaired) electrons. The van der Waals surface area contributed by atoms with Crippen molar-refractivity contribution in [2.75, 3.05) is 0 Å². The fraction of sp³-hybridized carbons (Fsp3) is 0.357. The van der Waals surface area contributed by atoms with Gasteiger partial charge in [-0.25, -0.2) is 4.98 Å². The maximum absolute atomic E-state index is 6.23. The van der Waals surface area contributed by atoms with Crippen LogP contribution in [0.1, 0.15) is 31.3 Å². The summed E-state index contributed by atoms with van der Waals surface area (Å²) in [7, 11) is 0. The molecule has 0 aliphatic rings. The van der Waals surface area contributed by atoms with E-state index in [9.17, 15) is 0 Å². The maximum atomic E-state index is 6.23. The lowest BCUT2D eigenvalue weighted by atomic mass is 9.87. The van der Waals surface area contributed by atoms with E-state index in [1.165, 1.54) is 5.56 Å². The highest BCUT2D eigenvalue weighted by molar-refractivity contribution is 7.09. The van der Waals surface area contributed by atoms with Crippen LogP contribution in [0.4, 0.5) is 0 Å². The second-order valence-corrected chi connectivity index (χ2v) is 6.50. The van der Waals surface area contributed by atoms with Gasteiger partial charge in [-0.05, 0) is 23.1 Å². The molecule has 4 heteroatoms. The smallest absolute Gasteiger partial charge is 0.140 e. The highest BCUT2D eigenvalue weighted by atomic mass is 35.5. The molecule has 18 heavy (non-hydrogen) atoms. The highest BCUT2D eigenvalue weighted by Crippen LogP contribution is 2.31. The van der Waals surface area contributed by atoms with Gasteiger partial charge in [0.1, 0.15) is 17.4 Å². The van der Waals surface area contributed by atoms with Crippen LogP contribution >= 0.6 is 22.9 Å². The van der Waals surface area contributed by atoms with Gasteiger partial charge in [0.2, 0.25) is 0 Å². The Kier molecular flexibility index (Phi) is 3.93. The molecule has 1 aromatic carbocycles. The van der Waals surface area contributed by atoms with Crippen LogP contribution in [0, 0.1) is 0 Å². The monoisotopic (exact) mass is 281 g/mol. The van der Waals surface area contributed by atoms with Gasteiger partial charge in [-0.3, -0.25) is 0 Å². The van der Waals surface area contributed by atoms with Crippen molar-refractivity contribution >= 4 is 22.9 Å². The topological polar surface area (TPSA) is 22.1 Å². The Balaban J connectivity index is 2.10. The van der Waals surface area contributed by atoms with Gasteiger partial charge in [0.25, 0.3) is 0 Å². The van der Waals surface area contributed by atoms with Crippen LogP contribution in [0.25, 0.3) is 0 Å². The third-order valence-electron chi connectivity index (χ3n) is 2.63. The third-order valence-corrected chi connectivity index (χ3v) is 3.68. The first kappa shape index (κ1) is 13.4. The normalized spacial score (nSPS) is 11.6. The van der Waals surface area contributed by atoms with E-state index in [0.717, 1.165) is 5.01 Å². The summed E-state index contributed by atoms with van der Waals surface area (Å²) in [6.45, 7) is 6.95. The maximum Gasteiger partial charge on any atom is 0.140 e. The van der Waals surface area contributed by atoms with Gasteiger partial charge in [-0.1, -0.05) is 38.4 Å². The summed E-state index contributed by atoms with van der Waals surface area (Å²) in [6, 6.07) is 5.96. The molecule has 0 fully saturated rings. The average Bonchev–Trinajstić information content (AvgIpc) is 2.79.